The van der Waals surface area contributed by atoms with E-state index in [2.05, 4.69) is 20.7 Å². The normalized spacial score (nSPS) is 10.9. The molecule has 0 atom stereocenters. The zero-order chi connectivity index (χ0) is 19.1. The molecule has 0 fully saturated rings. The van der Waals surface area contributed by atoms with Gasteiger partial charge in [0.15, 0.2) is 5.82 Å². The summed E-state index contributed by atoms with van der Waals surface area (Å²) in [6, 6.07) is 16.8. The number of nitrogens with zero attached hydrogens (tertiary/aromatic N) is 4. The van der Waals surface area contributed by atoms with E-state index in [-0.39, 0.29) is 11.7 Å². The van der Waals surface area contributed by atoms with Crippen molar-refractivity contribution in [3.8, 4) is 17.1 Å². The van der Waals surface area contributed by atoms with Crippen molar-refractivity contribution in [3.63, 3.8) is 0 Å². The van der Waals surface area contributed by atoms with Crippen LogP contribution in [-0.4, -0.2) is 39.9 Å². The summed E-state index contributed by atoms with van der Waals surface area (Å²) in [6.45, 7) is 0. The lowest BCUT2D eigenvalue weighted by Crippen LogP contribution is -2.20. The molecule has 3 N–H and O–H groups in total. The van der Waals surface area contributed by atoms with Crippen molar-refractivity contribution >= 4 is 23.9 Å². The standard InChI is InChI=1S/C18H18N6O2S/c1-26-15-9-7-14(8-10-15)17-22-23-18(24(17)19)27-12-16(25)21-20-11-13-5-3-2-4-6-13/h2-11H,12,19H2,1H3,(H,21,25)/b20-11+. The molecule has 0 spiro atoms. The molecular weight excluding hydrogens is 364 g/mol. The molecule has 9 heteroatoms. The maximum Gasteiger partial charge on any atom is 0.250 e. The molecule has 0 saturated carbocycles. The lowest BCUT2D eigenvalue weighted by atomic mass is 10.2. The summed E-state index contributed by atoms with van der Waals surface area (Å²) in [4.78, 5) is 11.9. The van der Waals surface area contributed by atoms with Gasteiger partial charge in [-0.25, -0.2) is 10.1 Å². The van der Waals surface area contributed by atoms with Gasteiger partial charge in [0.05, 0.1) is 19.1 Å². The van der Waals surface area contributed by atoms with Crippen LogP contribution in [-0.2, 0) is 4.79 Å². The summed E-state index contributed by atoms with van der Waals surface area (Å²) < 4.78 is 6.49. The second-order valence-electron chi connectivity index (χ2n) is 5.40. The predicted molar refractivity (Wildman–Crippen MR) is 105 cm³/mol. The number of nitrogens with two attached hydrogens (primary N) is 1. The van der Waals surface area contributed by atoms with Gasteiger partial charge in [0.1, 0.15) is 5.75 Å². The smallest absolute Gasteiger partial charge is 0.250 e. The molecule has 3 rings (SSSR count). The minimum atomic E-state index is -0.263. The third kappa shape index (κ3) is 4.85. The Balaban J connectivity index is 1.56. The van der Waals surface area contributed by atoms with E-state index >= 15 is 0 Å². The quantitative estimate of drug-likeness (QED) is 0.280. The fourth-order valence-corrected chi connectivity index (χ4v) is 2.84. The number of carbonyl (C=O) groups is 1. The minimum absolute atomic E-state index is 0.115. The average molecular weight is 382 g/mol. The second kappa shape index (κ2) is 8.86. The molecule has 0 aliphatic heterocycles. The fraction of sp³-hybridized carbons (Fsp3) is 0.111. The van der Waals surface area contributed by atoms with Crippen LogP contribution in [0.15, 0.2) is 64.9 Å². The van der Waals surface area contributed by atoms with E-state index in [1.54, 1.807) is 13.3 Å². The summed E-state index contributed by atoms with van der Waals surface area (Å²) in [5, 5.41) is 12.5. The van der Waals surface area contributed by atoms with Crippen LogP contribution in [0.2, 0.25) is 0 Å². The Kier molecular flexibility index (Phi) is 6.06. The summed E-state index contributed by atoms with van der Waals surface area (Å²) in [6.07, 6.45) is 1.58. The molecule has 0 unspecified atom stereocenters. The van der Waals surface area contributed by atoms with E-state index in [1.165, 1.54) is 16.4 Å². The maximum atomic E-state index is 11.9. The molecule has 2 aromatic carbocycles. The number of nitrogens with one attached hydrogen (secondary N) is 1. The highest BCUT2D eigenvalue weighted by molar-refractivity contribution is 7.99. The Morgan fingerprint density at radius 1 is 1.22 bits per heavy atom. The summed E-state index contributed by atoms with van der Waals surface area (Å²) in [5.41, 5.74) is 4.17. The minimum Gasteiger partial charge on any atom is -0.497 e. The van der Waals surface area contributed by atoms with Crippen LogP contribution in [0.4, 0.5) is 0 Å². The third-order valence-corrected chi connectivity index (χ3v) is 4.49. The first kappa shape index (κ1) is 18.5. The Morgan fingerprint density at radius 3 is 2.67 bits per heavy atom. The molecule has 8 nitrogen and oxygen atoms in total. The number of aromatic nitrogens is 3. The van der Waals surface area contributed by atoms with Gasteiger partial charge in [0.25, 0.3) is 5.91 Å². The highest BCUT2D eigenvalue weighted by atomic mass is 32.2. The Bertz CT molecular complexity index is 925. The molecule has 0 radical (unpaired) electrons. The van der Waals surface area contributed by atoms with Gasteiger partial charge >= 0.3 is 0 Å². The highest BCUT2D eigenvalue weighted by Gasteiger charge is 2.13. The van der Waals surface area contributed by atoms with Gasteiger partial charge in [0, 0.05) is 5.56 Å². The van der Waals surface area contributed by atoms with Gasteiger partial charge in [-0.15, -0.1) is 10.2 Å². The van der Waals surface area contributed by atoms with Gasteiger partial charge < -0.3 is 10.6 Å². The Hall–Kier alpha value is -3.33. The van der Waals surface area contributed by atoms with Gasteiger partial charge in [0.2, 0.25) is 5.16 Å². The highest BCUT2D eigenvalue weighted by Crippen LogP contribution is 2.23. The molecule has 0 bridgehead atoms. The molecule has 1 heterocycles. The van der Waals surface area contributed by atoms with Crippen molar-refractivity contribution in [3.05, 3.63) is 60.2 Å². The lowest BCUT2D eigenvalue weighted by Gasteiger charge is -2.04. The van der Waals surface area contributed by atoms with Gasteiger partial charge in [-0.1, -0.05) is 42.1 Å². The summed E-state index contributed by atoms with van der Waals surface area (Å²) >= 11 is 1.18. The van der Waals surface area contributed by atoms with E-state index in [1.807, 2.05) is 54.6 Å². The number of benzene rings is 2. The van der Waals surface area contributed by atoms with Crippen LogP contribution >= 0.6 is 11.8 Å². The van der Waals surface area contributed by atoms with Crippen molar-refractivity contribution < 1.29 is 9.53 Å². The van der Waals surface area contributed by atoms with Crippen LogP contribution in [0, 0.1) is 0 Å². The fourth-order valence-electron chi connectivity index (χ4n) is 2.19. The number of hydrogen-bond acceptors (Lipinski definition) is 7. The topological polar surface area (TPSA) is 107 Å². The van der Waals surface area contributed by atoms with E-state index in [4.69, 9.17) is 10.6 Å². The lowest BCUT2D eigenvalue weighted by molar-refractivity contribution is -0.118. The molecule has 27 heavy (non-hydrogen) atoms. The van der Waals surface area contributed by atoms with Crippen LogP contribution in [0.5, 0.6) is 5.75 Å². The molecule has 0 aliphatic carbocycles. The van der Waals surface area contributed by atoms with Crippen molar-refractivity contribution in [1.29, 1.82) is 0 Å². The van der Waals surface area contributed by atoms with Crippen LogP contribution in [0.1, 0.15) is 5.56 Å². The summed E-state index contributed by atoms with van der Waals surface area (Å²) in [7, 11) is 1.60. The van der Waals surface area contributed by atoms with Crippen LogP contribution in [0.3, 0.4) is 0 Å². The number of rotatable bonds is 7. The first-order valence-corrected chi connectivity index (χ1v) is 9.00. The molecule has 1 amide bonds. The van der Waals surface area contributed by atoms with Crippen molar-refractivity contribution in [2.24, 2.45) is 5.10 Å². The molecule has 0 aliphatic rings. The SMILES string of the molecule is COc1ccc(-c2nnc(SCC(=O)N/N=C/c3ccccc3)n2N)cc1. The predicted octanol–water partition coefficient (Wildman–Crippen LogP) is 1.91. The van der Waals surface area contributed by atoms with Gasteiger partial charge in [-0.2, -0.15) is 5.10 Å². The van der Waals surface area contributed by atoms with E-state index in [9.17, 15) is 4.79 Å². The van der Waals surface area contributed by atoms with E-state index < -0.39 is 0 Å². The summed E-state index contributed by atoms with van der Waals surface area (Å²) in [5.74, 6) is 7.14. The van der Waals surface area contributed by atoms with Gasteiger partial charge in [-0.05, 0) is 29.8 Å². The number of methoxy groups -OCH3 is 1. The maximum absolute atomic E-state index is 11.9. The Labute approximate surface area is 160 Å². The zero-order valence-electron chi connectivity index (χ0n) is 14.6. The van der Waals surface area contributed by atoms with Gasteiger partial charge in [-0.3, -0.25) is 4.79 Å². The number of thioether (sulfide) groups is 1. The number of carbonyl (C=O) groups excluding carboxylic acids is 1. The molecular formula is C18H18N6O2S. The van der Waals surface area contributed by atoms with Crippen LogP contribution in [0.25, 0.3) is 11.4 Å². The van der Waals surface area contributed by atoms with E-state index in [0.29, 0.717) is 11.0 Å². The Morgan fingerprint density at radius 2 is 1.96 bits per heavy atom. The van der Waals surface area contributed by atoms with Crippen molar-refractivity contribution in [2.45, 2.75) is 5.16 Å². The van der Waals surface area contributed by atoms with Crippen molar-refractivity contribution in [1.82, 2.24) is 20.3 Å². The second-order valence-corrected chi connectivity index (χ2v) is 6.34. The molecule has 0 saturated heterocycles. The van der Waals surface area contributed by atoms with E-state index in [0.717, 1.165) is 16.9 Å². The largest absolute Gasteiger partial charge is 0.497 e. The number of ether oxygens (including phenoxy) is 1. The molecule has 138 valence electrons. The first-order valence-electron chi connectivity index (χ1n) is 8.02. The monoisotopic (exact) mass is 382 g/mol. The molecule has 3 aromatic rings. The third-order valence-electron chi connectivity index (χ3n) is 3.55. The number of nitrogen functional groups attached to an aromatic ring is 1. The van der Waals surface area contributed by atoms with Crippen molar-refractivity contribution in [2.75, 3.05) is 18.7 Å². The zero-order valence-corrected chi connectivity index (χ0v) is 15.4. The average Bonchev–Trinajstić information content (AvgIpc) is 3.08. The number of amides is 1. The first-order chi connectivity index (χ1) is 13.2. The number of hydrazone groups is 1. The molecule has 1 aromatic heterocycles. The number of hydrogen-bond donors (Lipinski definition) is 2. The van der Waals surface area contributed by atoms with Crippen LogP contribution < -0.4 is 16.0 Å².